The van der Waals surface area contributed by atoms with Crippen LogP contribution in [0.25, 0.3) is 6.08 Å². The number of anilines is 3. The largest absolute Gasteiger partial charge is 0.397 e. The van der Waals surface area contributed by atoms with E-state index in [2.05, 4.69) is 27.7 Å². The zero-order chi connectivity index (χ0) is 27.9. The Hall–Kier alpha value is -4.39. The number of nitrogen functional groups attached to an aromatic ring is 1. The predicted octanol–water partition coefficient (Wildman–Crippen LogP) is 6.43. The van der Waals surface area contributed by atoms with Crippen LogP contribution in [0.2, 0.25) is 5.02 Å². The van der Waals surface area contributed by atoms with E-state index in [1.54, 1.807) is 30.3 Å². The van der Waals surface area contributed by atoms with Crippen molar-refractivity contribution in [3.05, 3.63) is 131 Å². The number of likely N-dealkylation sites (tertiary alicyclic amines) is 1. The SMILES string of the molecule is Nc1ccccc1NC(=O)/C=C/c1ccc(C2CN(Cc3ccccc3)CC2C(=O)Nc2ccc(Cl)cc2)cc1. The Morgan fingerprint density at radius 2 is 1.55 bits per heavy atom. The molecule has 1 fully saturated rings. The summed E-state index contributed by atoms with van der Waals surface area (Å²) in [4.78, 5) is 28.2. The summed E-state index contributed by atoms with van der Waals surface area (Å²) in [7, 11) is 0. The first-order valence-corrected chi connectivity index (χ1v) is 13.6. The number of halogens is 1. The minimum absolute atomic E-state index is 0.0105. The van der Waals surface area contributed by atoms with E-state index in [-0.39, 0.29) is 23.7 Å². The summed E-state index contributed by atoms with van der Waals surface area (Å²) in [5.74, 6) is -0.460. The zero-order valence-electron chi connectivity index (χ0n) is 22.0. The molecule has 6 nitrogen and oxygen atoms in total. The molecule has 4 N–H and O–H groups in total. The number of carbonyl (C=O) groups is 2. The van der Waals surface area contributed by atoms with Gasteiger partial charge in [-0.15, -0.1) is 0 Å². The zero-order valence-corrected chi connectivity index (χ0v) is 22.7. The molecule has 4 aromatic carbocycles. The van der Waals surface area contributed by atoms with Gasteiger partial charge in [0.05, 0.1) is 17.3 Å². The molecule has 202 valence electrons. The van der Waals surface area contributed by atoms with Gasteiger partial charge in [-0.25, -0.2) is 0 Å². The third-order valence-corrected chi connectivity index (χ3v) is 7.36. The number of rotatable bonds is 8. The highest BCUT2D eigenvalue weighted by Crippen LogP contribution is 2.35. The van der Waals surface area contributed by atoms with Crippen LogP contribution in [0.15, 0.2) is 109 Å². The van der Waals surface area contributed by atoms with Crippen molar-refractivity contribution in [1.29, 1.82) is 0 Å². The Bertz CT molecular complexity index is 1490. The molecule has 40 heavy (non-hydrogen) atoms. The second-order valence-corrected chi connectivity index (χ2v) is 10.4. The Labute approximate surface area is 239 Å². The number of nitrogens with two attached hydrogens (primary N) is 1. The van der Waals surface area contributed by atoms with Gasteiger partial charge in [-0.3, -0.25) is 14.5 Å². The molecule has 7 heteroatoms. The van der Waals surface area contributed by atoms with Crippen LogP contribution in [-0.2, 0) is 16.1 Å². The molecular weight excluding hydrogens is 520 g/mol. The number of amides is 2. The fourth-order valence-electron chi connectivity index (χ4n) is 5.04. The molecule has 1 aliphatic rings. The monoisotopic (exact) mass is 550 g/mol. The van der Waals surface area contributed by atoms with Crippen LogP contribution in [0.1, 0.15) is 22.6 Å². The molecule has 2 unspecified atom stereocenters. The number of benzene rings is 4. The first kappa shape index (κ1) is 27.2. The number of nitrogens with one attached hydrogen (secondary N) is 2. The lowest BCUT2D eigenvalue weighted by Gasteiger charge is -2.19. The number of hydrogen-bond donors (Lipinski definition) is 3. The predicted molar refractivity (Wildman–Crippen MR) is 163 cm³/mol. The maximum atomic E-state index is 13.5. The van der Waals surface area contributed by atoms with E-state index in [4.69, 9.17) is 17.3 Å². The molecule has 2 atom stereocenters. The van der Waals surface area contributed by atoms with Gasteiger partial charge in [0.2, 0.25) is 11.8 Å². The van der Waals surface area contributed by atoms with Crippen molar-refractivity contribution < 1.29 is 9.59 Å². The molecule has 0 saturated carbocycles. The van der Waals surface area contributed by atoms with Gasteiger partial charge >= 0.3 is 0 Å². The normalized spacial score (nSPS) is 17.1. The molecular formula is C33H31ClN4O2. The average Bonchev–Trinajstić information content (AvgIpc) is 3.39. The Morgan fingerprint density at radius 3 is 2.27 bits per heavy atom. The van der Waals surface area contributed by atoms with Crippen LogP contribution < -0.4 is 16.4 Å². The third-order valence-electron chi connectivity index (χ3n) is 7.10. The Morgan fingerprint density at radius 1 is 0.850 bits per heavy atom. The summed E-state index contributed by atoms with van der Waals surface area (Å²) in [6, 6.07) is 32.7. The fraction of sp³-hybridized carbons (Fsp3) is 0.152. The highest BCUT2D eigenvalue weighted by molar-refractivity contribution is 6.30. The van der Waals surface area contributed by atoms with Crippen molar-refractivity contribution in [2.24, 2.45) is 5.92 Å². The third kappa shape index (κ3) is 6.97. The van der Waals surface area contributed by atoms with Crippen LogP contribution in [-0.4, -0.2) is 29.8 Å². The van der Waals surface area contributed by atoms with Gasteiger partial charge in [0.1, 0.15) is 0 Å². The standard InChI is InChI=1S/C33H31ClN4O2/c34-26-15-17-27(18-16-26)36-33(40)29-22-38(20-24-6-2-1-3-7-24)21-28(29)25-13-10-23(11-14-25)12-19-32(39)37-31-9-5-4-8-30(31)35/h1-19,28-29H,20-22,35H2,(H,36,40)(H,37,39)/b19-12+. The number of carbonyl (C=O) groups excluding carboxylic acids is 2. The van der Waals surface area contributed by atoms with E-state index < -0.39 is 0 Å². The lowest BCUT2D eigenvalue weighted by molar-refractivity contribution is -0.120. The molecule has 1 saturated heterocycles. The fourth-order valence-corrected chi connectivity index (χ4v) is 5.17. The molecule has 0 aliphatic carbocycles. The van der Waals surface area contributed by atoms with E-state index in [1.165, 1.54) is 11.6 Å². The van der Waals surface area contributed by atoms with Crippen LogP contribution in [0.3, 0.4) is 0 Å². The second kappa shape index (κ2) is 12.6. The molecule has 0 aromatic heterocycles. The van der Waals surface area contributed by atoms with Gasteiger partial charge in [-0.1, -0.05) is 78.3 Å². The van der Waals surface area contributed by atoms with Gasteiger partial charge < -0.3 is 16.4 Å². The number of hydrogen-bond acceptors (Lipinski definition) is 4. The quantitative estimate of drug-likeness (QED) is 0.174. The Balaban J connectivity index is 1.29. The second-order valence-electron chi connectivity index (χ2n) is 9.97. The van der Waals surface area contributed by atoms with Crippen molar-refractivity contribution in [3.8, 4) is 0 Å². The molecule has 0 spiro atoms. The lowest BCUT2D eigenvalue weighted by Crippen LogP contribution is -2.28. The smallest absolute Gasteiger partial charge is 0.248 e. The van der Waals surface area contributed by atoms with E-state index in [9.17, 15) is 9.59 Å². The highest BCUT2D eigenvalue weighted by atomic mass is 35.5. The lowest BCUT2D eigenvalue weighted by atomic mass is 9.88. The van der Waals surface area contributed by atoms with Crippen LogP contribution in [0.4, 0.5) is 17.1 Å². The minimum Gasteiger partial charge on any atom is -0.397 e. The van der Waals surface area contributed by atoms with Crippen LogP contribution >= 0.6 is 11.6 Å². The number of para-hydroxylation sites is 2. The Kier molecular flexibility index (Phi) is 8.59. The highest BCUT2D eigenvalue weighted by Gasteiger charge is 2.38. The van der Waals surface area contributed by atoms with Crippen molar-refractivity contribution >= 4 is 46.6 Å². The van der Waals surface area contributed by atoms with Crippen LogP contribution in [0.5, 0.6) is 0 Å². The van der Waals surface area contributed by atoms with Gasteiger partial charge in [-0.2, -0.15) is 0 Å². The number of nitrogens with zero attached hydrogens (tertiary/aromatic N) is 1. The summed E-state index contributed by atoms with van der Waals surface area (Å²) in [5, 5.41) is 6.50. The molecule has 0 bridgehead atoms. The minimum atomic E-state index is -0.256. The van der Waals surface area contributed by atoms with Gasteiger partial charge in [-0.05, 0) is 59.2 Å². The maximum Gasteiger partial charge on any atom is 0.248 e. The van der Waals surface area contributed by atoms with E-state index in [0.29, 0.717) is 22.9 Å². The van der Waals surface area contributed by atoms with Gasteiger partial charge in [0.15, 0.2) is 0 Å². The molecule has 5 rings (SSSR count). The summed E-state index contributed by atoms with van der Waals surface area (Å²) in [6.45, 7) is 2.21. The topological polar surface area (TPSA) is 87.5 Å². The van der Waals surface area contributed by atoms with Crippen LogP contribution in [0, 0.1) is 5.92 Å². The van der Waals surface area contributed by atoms with Crippen molar-refractivity contribution in [3.63, 3.8) is 0 Å². The van der Waals surface area contributed by atoms with E-state index in [1.807, 2.05) is 66.7 Å². The first-order chi connectivity index (χ1) is 19.4. The van der Waals surface area contributed by atoms with Gasteiger partial charge in [0.25, 0.3) is 0 Å². The van der Waals surface area contributed by atoms with E-state index >= 15 is 0 Å². The molecule has 0 radical (unpaired) electrons. The van der Waals surface area contributed by atoms with E-state index in [0.717, 1.165) is 29.9 Å². The first-order valence-electron chi connectivity index (χ1n) is 13.2. The molecule has 1 heterocycles. The van der Waals surface area contributed by atoms with Crippen molar-refractivity contribution in [2.45, 2.75) is 12.5 Å². The van der Waals surface area contributed by atoms with Gasteiger partial charge in [0, 0.05) is 42.3 Å². The summed E-state index contributed by atoms with van der Waals surface area (Å²) in [5.41, 5.74) is 10.9. The summed E-state index contributed by atoms with van der Waals surface area (Å²) in [6.07, 6.45) is 3.25. The summed E-state index contributed by atoms with van der Waals surface area (Å²) >= 11 is 6.02. The van der Waals surface area contributed by atoms with Crippen molar-refractivity contribution in [2.75, 3.05) is 29.5 Å². The molecule has 1 aliphatic heterocycles. The van der Waals surface area contributed by atoms with Crippen molar-refractivity contribution in [1.82, 2.24) is 4.90 Å². The average molecular weight is 551 g/mol. The maximum absolute atomic E-state index is 13.5. The molecule has 4 aromatic rings. The summed E-state index contributed by atoms with van der Waals surface area (Å²) < 4.78 is 0. The molecule has 2 amide bonds.